The molecule has 0 spiro atoms. The Hall–Kier alpha value is -7.92. The number of anilines is 1. The number of aliphatic imine (C=N–C) groups is 1. The predicted molar refractivity (Wildman–Crippen MR) is 318 cm³/mol. The lowest BCUT2D eigenvalue weighted by atomic mass is 9.78. The maximum atomic E-state index is 14.7. The third-order valence-corrected chi connectivity index (χ3v) is 14.0. The van der Waals surface area contributed by atoms with Gasteiger partial charge in [-0.1, -0.05) is 106 Å². The van der Waals surface area contributed by atoms with Gasteiger partial charge in [-0.15, -0.1) is 0 Å². The molecule has 8 amide bonds. The third kappa shape index (κ3) is 21.1. The van der Waals surface area contributed by atoms with Crippen LogP contribution in [-0.2, 0) is 46.4 Å². The Morgan fingerprint density at radius 1 is 0.786 bits per heavy atom. The molecule has 84 heavy (non-hydrogen) atoms. The summed E-state index contributed by atoms with van der Waals surface area (Å²) in [6.45, 7) is 10.8. The van der Waals surface area contributed by atoms with E-state index in [0.29, 0.717) is 58.1 Å². The van der Waals surface area contributed by atoms with E-state index in [1.54, 1.807) is 73.3 Å². The van der Waals surface area contributed by atoms with Crippen LogP contribution < -0.4 is 37.6 Å². The Balaban J connectivity index is 1.17. The summed E-state index contributed by atoms with van der Waals surface area (Å²) in [5, 5.41) is 25.7. The van der Waals surface area contributed by atoms with Crippen LogP contribution in [0.15, 0.2) is 102 Å². The lowest BCUT2D eigenvalue weighted by Crippen LogP contribution is -2.54. The van der Waals surface area contributed by atoms with Crippen LogP contribution >= 0.6 is 11.6 Å². The second-order valence-electron chi connectivity index (χ2n) is 21.0. The first-order valence-corrected chi connectivity index (χ1v) is 28.6. The fraction of sp³-hybridized carbons (Fsp3) is 0.459. The molecule has 3 unspecified atom stereocenters. The minimum Gasteiger partial charge on any atom is -0.445 e. The number of ether oxygens (including phenoxy) is 4. The van der Waals surface area contributed by atoms with E-state index in [1.807, 2.05) is 70.2 Å². The van der Waals surface area contributed by atoms with Crippen molar-refractivity contribution in [2.24, 2.45) is 28.5 Å². The molecular weight excluding hydrogens is 1100 g/mol. The van der Waals surface area contributed by atoms with Crippen LogP contribution in [0.3, 0.4) is 0 Å². The monoisotopic (exact) mass is 1180 g/mol. The number of carbonyl (C=O) groups excluding carboxylic acids is 8. The van der Waals surface area contributed by atoms with E-state index in [4.69, 9.17) is 41.3 Å². The van der Waals surface area contributed by atoms with Gasteiger partial charge in [0.15, 0.2) is 12.1 Å². The second-order valence-corrected chi connectivity index (χ2v) is 21.4. The molecule has 22 nitrogen and oxygen atoms in total. The summed E-state index contributed by atoms with van der Waals surface area (Å²) in [5.41, 5.74) is 10.0. The van der Waals surface area contributed by atoms with E-state index >= 15 is 0 Å². The van der Waals surface area contributed by atoms with E-state index in [1.165, 1.54) is 7.11 Å². The molecule has 0 bridgehead atoms. The van der Waals surface area contributed by atoms with E-state index in [9.17, 15) is 43.5 Å². The van der Waals surface area contributed by atoms with Gasteiger partial charge in [-0.3, -0.25) is 29.0 Å². The summed E-state index contributed by atoms with van der Waals surface area (Å²) in [4.78, 5) is 113. The fourth-order valence-corrected chi connectivity index (χ4v) is 9.42. The van der Waals surface area contributed by atoms with Crippen molar-refractivity contribution in [3.8, 4) is 0 Å². The molecule has 0 radical (unpaired) electrons. The van der Waals surface area contributed by atoms with Crippen molar-refractivity contribution < 1.29 is 62.4 Å². The van der Waals surface area contributed by atoms with E-state index in [2.05, 4.69) is 31.9 Å². The van der Waals surface area contributed by atoms with Gasteiger partial charge in [0.25, 0.3) is 5.91 Å². The van der Waals surface area contributed by atoms with Crippen LogP contribution in [0.4, 0.5) is 25.8 Å². The number of primary amides is 1. The summed E-state index contributed by atoms with van der Waals surface area (Å²) < 4.78 is 21.3. The third-order valence-electron chi connectivity index (χ3n) is 13.8. The van der Waals surface area contributed by atoms with Crippen molar-refractivity contribution >= 4 is 76.3 Å². The number of methoxy groups -OCH3 is 1. The molecule has 5 rings (SSSR count). The number of Topliss-reactive ketones (excluding diaryl/α,β-unsaturated/α-hetero) is 1. The van der Waals surface area contributed by atoms with Crippen LogP contribution in [-0.4, -0.2) is 140 Å². The molecule has 23 heteroatoms. The molecule has 1 aliphatic heterocycles. The number of aliphatic hydroxyl groups excluding tert-OH is 1. The predicted octanol–water partition coefficient (Wildman–Crippen LogP) is 7.15. The van der Waals surface area contributed by atoms with E-state index in [-0.39, 0.29) is 82.9 Å². The summed E-state index contributed by atoms with van der Waals surface area (Å²) in [6, 6.07) is 24.9. The van der Waals surface area contributed by atoms with Crippen molar-refractivity contribution in [2.75, 3.05) is 51.8 Å². The summed E-state index contributed by atoms with van der Waals surface area (Å²) in [5.74, 6) is -3.45. The van der Waals surface area contributed by atoms with Crippen molar-refractivity contribution in [2.45, 2.75) is 117 Å². The Bertz CT molecular complexity index is 2870. The van der Waals surface area contributed by atoms with Crippen molar-refractivity contribution in [3.05, 3.63) is 130 Å². The highest BCUT2D eigenvalue weighted by Crippen LogP contribution is 2.36. The van der Waals surface area contributed by atoms with E-state index < -0.39 is 78.3 Å². The number of nitrogens with one attached hydrogen (secondary N) is 6. The number of fused-ring (bicyclic) bond motifs is 1. The second kappa shape index (κ2) is 34.0. The Kier molecular flexibility index (Phi) is 27.1. The smallest absolute Gasteiger partial charge is 0.407 e. The van der Waals surface area contributed by atoms with Gasteiger partial charge in [0, 0.05) is 61.5 Å². The molecule has 4 aromatic carbocycles. The van der Waals surface area contributed by atoms with Gasteiger partial charge in [0.1, 0.15) is 25.3 Å². The number of nitrogens with zero attached hydrogens (tertiary/aromatic N) is 2. The minimum atomic E-state index is -1.12. The quantitative estimate of drug-likeness (QED) is 0.0178. The molecule has 454 valence electrons. The number of aryl methyl sites for hydroxylation is 1. The number of urea groups is 1. The number of hydrogen-bond acceptors (Lipinski definition) is 14. The minimum absolute atomic E-state index is 0.0768. The Morgan fingerprint density at radius 2 is 1.46 bits per heavy atom. The van der Waals surface area contributed by atoms with Crippen molar-refractivity contribution in [1.82, 2.24) is 31.5 Å². The summed E-state index contributed by atoms with van der Waals surface area (Å²) in [7, 11) is 1.36. The molecule has 1 aliphatic rings. The molecule has 6 atom stereocenters. The lowest BCUT2D eigenvalue weighted by molar-refractivity contribution is -0.181. The highest BCUT2D eigenvalue weighted by Gasteiger charge is 2.41. The van der Waals surface area contributed by atoms with Gasteiger partial charge < -0.3 is 66.6 Å². The number of nitrogens with two attached hydrogens (primary N) is 1. The van der Waals surface area contributed by atoms with Crippen LogP contribution in [0.5, 0.6) is 0 Å². The number of alkyl carbamates (subject to hydrolysis) is 2. The van der Waals surface area contributed by atoms with Crippen LogP contribution in [0, 0.1) is 24.7 Å². The number of aliphatic hydroxyl groups is 1. The Morgan fingerprint density at radius 3 is 2.11 bits per heavy atom. The average molecular weight is 1180 g/mol. The Labute approximate surface area is 495 Å². The molecule has 0 aromatic heterocycles. The lowest BCUT2D eigenvalue weighted by Gasteiger charge is -2.39. The number of hydrogen-bond donors (Lipinski definition) is 8. The number of amides is 8. The van der Waals surface area contributed by atoms with Gasteiger partial charge in [-0.05, 0) is 104 Å². The molecule has 0 fully saturated rings. The summed E-state index contributed by atoms with van der Waals surface area (Å²) >= 11 is 6.43. The molecule has 0 saturated heterocycles. The van der Waals surface area contributed by atoms with Gasteiger partial charge in [-0.2, -0.15) is 0 Å². The van der Waals surface area contributed by atoms with E-state index in [0.717, 1.165) is 11.1 Å². The topological polar surface area (TPSA) is 308 Å². The molecular formula is C61H80ClN9O13. The van der Waals surface area contributed by atoms with Crippen LogP contribution in [0.25, 0.3) is 0 Å². The van der Waals surface area contributed by atoms with Crippen LogP contribution in [0.2, 0.25) is 5.02 Å². The maximum absolute atomic E-state index is 14.7. The standard InChI is InChI=1S/C61H80ClN9O13/c1-8-45(34-72)84-51(81-7)36-83-61(80)66-30-27-50(73)70-52(37(2)3)57(76)69-48(16-12-28-64-59(63)78)56(75)67-44-24-19-41(20-25-44)35-82-60(79)65-29-13-31-71(58(77)42-21-17-39(6)18-22-42)54(38(4)5)53-47(32-40-14-10-9-11-15-40)55(74)46-26-23-43(62)33-49(46)68-53/h9-11,14-15,17-26,33,37-38,45,47-48,51-52,54,72H,8,12-13,16,27-32,34-36H2,1-7H3,(H,65,79)(H,66,80)(H,67,75)(H,69,76)(H,70,73)(H3,63,64,78)/t45?,47?,48-,51?,52-,54-/m1/s1. The maximum Gasteiger partial charge on any atom is 0.407 e. The molecule has 1 heterocycles. The number of benzene rings is 4. The van der Waals surface area contributed by atoms with Crippen molar-refractivity contribution in [1.29, 1.82) is 0 Å². The van der Waals surface area contributed by atoms with Gasteiger partial charge in [0.2, 0.25) is 17.7 Å². The van der Waals surface area contributed by atoms with Gasteiger partial charge in [-0.25, -0.2) is 14.4 Å². The molecule has 9 N–H and O–H groups in total. The first-order chi connectivity index (χ1) is 40.2. The molecule has 0 aliphatic carbocycles. The zero-order chi connectivity index (χ0) is 61.3. The largest absolute Gasteiger partial charge is 0.445 e. The molecule has 0 saturated carbocycles. The number of ketones is 1. The first kappa shape index (κ1) is 66.9. The normalized spacial score (nSPS) is 14.6. The highest BCUT2D eigenvalue weighted by atomic mass is 35.5. The van der Waals surface area contributed by atoms with Gasteiger partial charge in [0.05, 0.1) is 36.1 Å². The SMILES string of the molecule is CCC(CO)OC(COC(=O)NCCC(=O)N[C@@H](C(=O)N[C@H](CCCNC(N)=O)C(=O)Nc1ccc(COC(=O)NCCCN(C(=O)c2ccc(C)cc2)[C@@H](C2=Nc3cc(Cl)ccc3C(=O)C2Cc2ccccc2)C(C)C)cc1)C(C)C)OC. The van der Waals surface area contributed by atoms with Crippen LogP contribution in [0.1, 0.15) is 104 Å². The van der Waals surface area contributed by atoms with Crippen molar-refractivity contribution in [3.63, 3.8) is 0 Å². The zero-order valence-corrected chi connectivity index (χ0v) is 49.5. The number of carbonyl (C=O) groups is 8. The number of halogens is 1. The summed E-state index contributed by atoms with van der Waals surface area (Å²) in [6.07, 6.45) is -1.64. The number of rotatable bonds is 32. The zero-order valence-electron chi connectivity index (χ0n) is 48.7. The first-order valence-electron chi connectivity index (χ1n) is 28.2. The fourth-order valence-electron chi connectivity index (χ4n) is 9.25. The average Bonchev–Trinajstić information content (AvgIpc) is 2.80. The van der Waals surface area contributed by atoms with Gasteiger partial charge >= 0.3 is 18.2 Å². The molecule has 4 aromatic rings. The highest BCUT2D eigenvalue weighted by molar-refractivity contribution is 6.31.